The summed E-state index contributed by atoms with van der Waals surface area (Å²) in [6.45, 7) is 0. The molecule has 0 saturated carbocycles. The van der Waals surface area contributed by atoms with Gasteiger partial charge in [0.1, 0.15) is 5.82 Å². The van der Waals surface area contributed by atoms with Crippen LogP contribution in [0.3, 0.4) is 0 Å². The lowest BCUT2D eigenvalue weighted by atomic mass is 10.2. The van der Waals surface area contributed by atoms with Gasteiger partial charge in [-0.25, -0.2) is 13.2 Å². The summed E-state index contributed by atoms with van der Waals surface area (Å²) in [5, 5.41) is 12.7. The third kappa shape index (κ3) is 2.75. The molecule has 0 amide bonds. The van der Waals surface area contributed by atoms with Crippen molar-refractivity contribution in [2.24, 2.45) is 7.05 Å². The van der Waals surface area contributed by atoms with E-state index in [1.807, 2.05) is 0 Å². The summed E-state index contributed by atoms with van der Waals surface area (Å²) in [6.07, 6.45) is 1.43. The molecule has 0 spiro atoms. The monoisotopic (exact) mass is 315 g/mol. The van der Waals surface area contributed by atoms with E-state index in [4.69, 9.17) is 16.7 Å². The molecule has 20 heavy (non-hydrogen) atoms. The number of benzene rings is 1. The van der Waals surface area contributed by atoms with Crippen LogP contribution in [0, 0.1) is 0 Å². The highest BCUT2D eigenvalue weighted by molar-refractivity contribution is 7.92. The van der Waals surface area contributed by atoms with Gasteiger partial charge in [-0.15, -0.1) is 0 Å². The third-order valence-corrected chi connectivity index (χ3v) is 4.22. The number of rotatable bonds is 4. The molecule has 0 fully saturated rings. The van der Waals surface area contributed by atoms with Crippen molar-refractivity contribution in [2.45, 2.75) is 4.90 Å². The van der Waals surface area contributed by atoms with E-state index < -0.39 is 16.0 Å². The van der Waals surface area contributed by atoms with Crippen molar-refractivity contribution in [2.75, 3.05) is 4.72 Å². The van der Waals surface area contributed by atoms with Gasteiger partial charge < -0.3 is 5.11 Å². The number of aryl methyl sites for hydroxylation is 1. The molecular weight excluding hydrogens is 306 g/mol. The Kier molecular flexibility index (Phi) is 3.69. The zero-order chi connectivity index (χ0) is 14.9. The van der Waals surface area contributed by atoms with E-state index in [0.29, 0.717) is 0 Å². The van der Waals surface area contributed by atoms with Crippen molar-refractivity contribution < 1.29 is 18.3 Å². The molecule has 0 radical (unpaired) electrons. The minimum absolute atomic E-state index is 0.0306. The maximum Gasteiger partial charge on any atom is 0.337 e. The molecule has 0 aliphatic carbocycles. The van der Waals surface area contributed by atoms with E-state index in [2.05, 4.69) is 9.82 Å². The molecule has 1 aromatic heterocycles. The molecule has 0 aliphatic heterocycles. The van der Waals surface area contributed by atoms with Crippen LogP contribution in [0.4, 0.5) is 5.82 Å². The second kappa shape index (κ2) is 5.14. The highest BCUT2D eigenvalue weighted by atomic mass is 35.5. The van der Waals surface area contributed by atoms with Gasteiger partial charge in [-0.3, -0.25) is 9.40 Å². The van der Waals surface area contributed by atoms with Gasteiger partial charge in [0.25, 0.3) is 10.0 Å². The minimum Gasteiger partial charge on any atom is -0.478 e. The minimum atomic E-state index is -3.91. The average molecular weight is 316 g/mol. The van der Waals surface area contributed by atoms with E-state index in [1.54, 1.807) is 7.05 Å². The first-order chi connectivity index (χ1) is 9.31. The van der Waals surface area contributed by atoms with E-state index in [0.717, 1.165) is 6.07 Å². The summed E-state index contributed by atoms with van der Waals surface area (Å²) < 4.78 is 27.9. The third-order valence-electron chi connectivity index (χ3n) is 2.54. The van der Waals surface area contributed by atoms with Gasteiger partial charge in [-0.2, -0.15) is 5.10 Å². The molecule has 0 atom stereocenters. The molecule has 2 N–H and O–H groups in total. The molecule has 1 heterocycles. The van der Waals surface area contributed by atoms with Crippen LogP contribution >= 0.6 is 11.6 Å². The number of carbonyl (C=O) groups is 1. The maximum absolute atomic E-state index is 12.1. The van der Waals surface area contributed by atoms with Gasteiger partial charge in [0.2, 0.25) is 0 Å². The number of carboxylic acids is 1. The van der Waals surface area contributed by atoms with Crippen LogP contribution in [0.2, 0.25) is 5.02 Å². The van der Waals surface area contributed by atoms with Crippen LogP contribution in [-0.2, 0) is 17.1 Å². The van der Waals surface area contributed by atoms with Crippen molar-refractivity contribution in [3.63, 3.8) is 0 Å². The fourth-order valence-electron chi connectivity index (χ4n) is 1.51. The van der Waals surface area contributed by atoms with Gasteiger partial charge in [0.15, 0.2) is 0 Å². The lowest BCUT2D eigenvalue weighted by Crippen LogP contribution is -2.16. The molecule has 7 nitrogen and oxygen atoms in total. The Hall–Kier alpha value is -2.06. The van der Waals surface area contributed by atoms with Crippen molar-refractivity contribution in [1.82, 2.24) is 9.78 Å². The summed E-state index contributed by atoms with van der Waals surface area (Å²) in [4.78, 5) is 10.8. The second-order valence-corrected chi connectivity index (χ2v) is 5.98. The Morgan fingerprint density at radius 3 is 2.65 bits per heavy atom. The highest BCUT2D eigenvalue weighted by Crippen LogP contribution is 2.22. The number of sulfonamides is 1. The van der Waals surface area contributed by atoms with Crippen molar-refractivity contribution >= 4 is 33.4 Å². The van der Waals surface area contributed by atoms with Gasteiger partial charge in [-0.05, 0) is 18.2 Å². The van der Waals surface area contributed by atoms with Crippen molar-refractivity contribution in [3.05, 3.63) is 41.0 Å². The average Bonchev–Trinajstić information content (AvgIpc) is 2.74. The quantitative estimate of drug-likeness (QED) is 0.891. The van der Waals surface area contributed by atoms with Crippen molar-refractivity contribution in [3.8, 4) is 0 Å². The van der Waals surface area contributed by atoms with Crippen LogP contribution in [0.15, 0.2) is 35.4 Å². The normalized spacial score (nSPS) is 11.3. The lowest BCUT2D eigenvalue weighted by Gasteiger charge is -2.09. The second-order valence-electron chi connectivity index (χ2n) is 3.89. The number of aromatic nitrogens is 2. The Morgan fingerprint density at radius 1 is 1.40 bits per heavy atom. The summed E-state index contributed by atoms with van der Waals surface area (Å²) in [6, 6.07) is 4.94. The number of halogens is 1. The number of nitrogens with one attached hydrogen (secondary N) is 1. The molecule has 2 rings (SSSR count). The number of hydrogen-bond acceptors (Lipinski definition) is 4. The first kappa shape index (κ1) is 14.4. The van der Waals surface area contributed by atoms with Gasteiger partial charge in [-0.1, -0.05) is 11.6 Å². The molecule has 2 aromatic rings. The molecule has 1 aromatic carbocycles. The Bertz CT molecular complexity index is 770. The van der Waals surface area contributed by atoms with Crippen LogP contribution in [-0.4, -0.2) is 29.3 Å². The van der Waals surface area contributed by atoms with Gasteiger partial charge in [0, 0.05) is 13.1 Å². The summed E-state index contributed by atoms with van der Waals surface area (Å²) in [5.41, 5.74) is -0.278. The van der Waals surface area contributed by atoms with E-state index in [1.165, 1.54) is 29.1 Å². The largest absolute Gasteiger partial charge is 0.478 e. The fourth-order valence-corrected chi connectivity index (χ4v) is 2.82. The molecule has 0 aliphatic rings. The maximum atomic E-state index is 12.1. The molecule has 106 valence electrons. The number of nitrogens with zero attached hydrogens (tertiary/aromatic N) is 2. The topological polar surface area (TPSA) is 101 Å². The summed E-state index contributed by atoms with van der Waals surface area (Å²) >= 11 is 5.70. The van der Waals surface area contributed by atoms with Crippen LogP contribution in [0.1, 0.15) is 10.4 Å². The Morgan fingerprint density at radius 2 is 2.10 bits per heavy atom. The Labute approximate surface area is 119 Å². The van der Waals surface area contributed by atoms with E-state index in [9.17, 15) is 13.2 Å². The molecular formula is C11H10ClN3O4S. The standard InChI is InChI=1S/C11H10ClN3O4S/c1-15-10(4-5-13-15)14-20(18,19)7-2-3-9(12)8(6-7)11(16)17/h2-6,14H,1H3,(H,16,17). The van der Waals surface area contributed by atoms with E-state index in [-0.39, 0.29) is 21.3 Å². The summed E-state index contributed by atoms with van der Waals surface area (Å²) in [5.74, 6) is -1.04. The first-order valence-electron chi connectivity index (χ1n) is 5.35. The Balaban J connectivity index is 2.42. The lowest BCUT2D eigenvalue weighted by molar-refractivity contribution is 0.0697. The predicted octanol–water partition coefficient (Wildman–Crippen LogP) is 1.57. The molecule has 0 saturated heterocycles. The molecule has 0 unspecified atom stereocenters. The molecule has 9 heteroatoms. The zero-order valence-corrected chi connectivity index (χ0v) is 11.8. The summed E-state index contributed by atoms with van der Waals surface area (Å²) in [7, 11) is -2.34. The SMILES string of the molecule is Cn1nccc1NS(=O)(=O)c1ccc(Cl)c(C(=O)O)c1. The van der Waals surface area contributed by atoms with Gasteiger partial charge >= 0.3 is 5.97 Å². The van der Waals surface area contributed by atoms with E-state index >= 15 is 0 Å². The van der Waals surface area contributed by atoms with Gasteiger partial charge in [0.05, 0.1) is 21.7 Å². The number of anilines is 1. The fraction of sp³-hybridized carbons (Fsp3) is 0.0909. The molecule has 0 bridgehead atoms. The zero-order valence-electron chi connectivity index (χ0n) is 10.2. The van der Waals surface area contributed by atoms with Crippen molar-refractivity contribution in [1.29, 1.82) is 0 Å². The van der Waals surface area contributed by atoms with Crippen LogP contribution < -0.4 is 4.72 Å². The smallest absolute Gasteiger partial charge is 0.337 e. The first-order valence-corrected chi connectivity index (χ1v) is 7.21. The number of carboxylic acid groups (broad SMARTS) is 1. The van der Waals surface area contributed by atoms with Crippen LogP contribution in [0.5, 0.6) is 0 Å². The number of hydrogen-bond donors (Lipinski definition) is 2. The predicted molar refractivity (Wildman–Crippen MR) is 72.4 cm³/mol. The van der Waals surface area contributed by atoms with Crippen LogP contribution in [0.25, 0.3) is 0 Å². The number of aromatic carboxylic acids is 1. The highest BCUT2D eigenvalue weighted by Gasteiger charge is 2.19.